The van der Waals surface area contributed by atoms with Gasteiger partial charge >= 0.3 is 0 Å². The standard InChI is InChI=1S/C12H13NOS2/c1-7-4-5-15-11(7)12-13-9(3)10(16-12)6-8(2)14/h4-5H,6H2,1-3H3. The van der Waals surface area contributed by atoms with Gasteiger partial charge in [-0.05, 0) is 37.8 Å². The Labute approximate surface area is 103 Å². The van der Waals surface area contributed by atoms with Gasteiger partial charge in [-0.1, -0.05) is 0 Å². The Morgan fingerprint density at radius 1 is 1.44 bits per heavy atom. The van der Waals surface area contributed by atoms with Gasteiger partial charge in [0.15, 0.2) is 0 Å². The zero-order valence-corrected chi connectivity index (χ0v) is 11.2. The van der Waals surface area contributed by atoms with Crippen molar-refractivity contribution in [1.29, 1.82) is 0 Å². The molecule has 2 aromatic rings. The first kappa shape index (κ1) is 11.5. The van der Waals surface area contributed by atoms with Crippen molar-refractivity contribution in [3.05, 3.63) is 27.6 Å². The lowest BCUT2D eigenvalue weighted by Crippen LogP contribution is -1.94. The summed E-state index contributed by atoms with van der Waals surface area (Å²) in [7, 11) is 0. The molecule has 0 radical (unpaired) electrons. The van der Waals surface area contributed by atoms with Gasteiger partial charge in [0.05, 0.1) is 10.6 Å². The minimum absolute atomic E-state index is 0.196. The van der Waals surface area contributed by atoms with E-state index < -0.39 is 0 Å². The summed E-state index contributed by atoms with van der Waals surface area (Å²) in [5.41, 5.74) is 2.25. The summed E-state index contributed by atoms with van der Waals surface area (Å²) in [5.74, 6) is 0.196. The molecule has 2 rings (SSSR count). The van der Waals surface area contributed by atoms with Gasteiger partial charge in [0, 0.05) is 11.3 Å². The van der Waals surface area contributed by atoms with Crippen LogP contribution in [-0.4, -0.2) is 10.8 Å². The molecule has 2 aromatic heterocycles. The maximum absolute atomic E-state index is 11.1. The molecule has 0 fully saturated rings. The van der Waals surface area contributed by atoms with E-state index in [-0.39, 0.29) is 5.78 Å². The molecular formula is C12H13NOS2. The third-order valence-electron chi connectivity index (χ3n) is 2.36. The normalized spacial score (nSPS) is 10.7. The third-order valence-corrected chi connectivity index (χ3v) is 4.69. The van der Waals surface area contributed by atoms with Gasteiger partial charge in [-0.3, -0.25) is 4.79 Å². The van der Waals surface area contributed by atoms with Crippen LogP contribution in [0.15, 0.2) is 11.4 Å². The number of nitrogens with zero attached hydrogens (tertiary/aromatic N) is 1. The molecule has 2 heterocycles. The quantitative estimate of drug-likeness (QED) is 0.834. The van der Waals surface area contributed by atoms with Crippen molar-refractivity contribution in [3.8, 4) is 9.88 Å². The molecule has 84 valence electrons. The van der Waals surface area contributed by atoms with Gasteiger partial charge in [-0.15, -0.1) is 22.7 Å². The van der Waals surface area contributed by atoms with E-state index in [0.29, 0.717) is 6.42 Å². The second-order valence-electron chi connectivity index (χ2n) is 3.84. The highest BCUT2D eigenvalue weighted by Crippen LogP contribution is 2.34. The molecule has 4 heteroatoms. The van der Waals surface area contributed by atoms with Crippen LogP contribution in [0.5, 0.6) is 0 Å². The van der Waals surface area contributed by atoms with E-state index >= 15 is 0 Å². The summed E-state index contributed by atoms with van der Waals surface area (Å²) in [6.07, 6.45) is 0.508. The van der Waals surface area contributed by atoms with Crippen LogP contribution in [0.25, 0.3) is 9.88 Å². The van der Waals surface area contributed by atoms with Crippen molar-refractivity contribution in [2.75, 3.05) is 0 Å². The summed E-state index contributed by atoms with van der Waals surface area (Å²) < 4.78 is 0. The van der Waals surface area contributed by atoms with E-state index in [0.717, 1.165) is 15.6 Å². The molecule has 2 nitrogen and oxygen atoms in total. The molecule has 0 saturated heterocycles. The maximum Gasteiger partial charge on any atom is 0.135 e. The molecule has 0 aliphatic carbocycles. The predicted octanol–water partition coefficient (Wildman–Crippen LogP) is 3.62. The fourth-order valence-corrected chi connectivity index (χ4v) is 3.72. The maximum atomic E-state index is 11.1. The van der Waals surface area contributed by atoms with Gasteiger partial charge < -0.3 is 0 Å². The van der Waals surface area contributed by atoms with Crippen LogP contribution in [0.3, 0.4) is 0 Å². The van der Waals surface area contributed by atoms with Crippen LogP contribution in [0.4, 0.5) is 0 Å². The Morgan fingerprint density at radius 3 is 2.75 bits per heavy atom. The van der Waals surface area contributed by atoms with Crippen LogP contribution >= 0.6 is 22.7 Å². The molecule has 0 N–H and O–H groups in total. The lowest BCUT2D eigenvalue weighted by Gasteiger charge is -1.91. The number of hydrogen-bond acceptors (Lipinski definition) is 4. The van der Waals surface area contributed by atoms with E-state index in [1.54, 1.807) is 29.6 Å². The molecule has 0 aliphatic heterocycles. The molecule has 0 aliphatic rings. The second kappa shape index (κ2) is 4.47. The van der Waals surface area contributed by atoms with Crippen LogP contribution in [0.1, 0.15) is 23.1 Å². The van der Waals surface area contributed by atoms with E-state index in [1.807, 2.05) is 6.92 Å². The van der Waals surface area contributed by atoms with Crippen LogP contribution in [-0.2, 0) is 11.2 Å². The summed E-state index contributed by atoms with van der Waals surface area (Å²) in [5, 5.41) is 3.12. The highest BCUT2D eigenvalue weighted by molar-refractivity contribution is 7.21. The van der Waals surface area contributed by atoms with Crippen molar-refractivity contribution in [2.45, 2.75) is 27.2 Å². The molecule has 0 spiro atoms. The van der Waals surface area contributed by atoms with Crippen molar-refractivity contribution in [3.63, 3.8) is 0 Å². The average Bonchev–Trinajstić information content (AvgIpc) is 2.73. The SMILES string of the molecule is CC(=O)Cc1sc(-c2sccc2C)nc1C. The summed E-state index contributed by atoms with van der Waals surface area (Å²) in [6, 6.07) is 2.10. The third kappa shape index (κ3) is 2.23. The molecule has 0 saturated carbocycles. The fourth-order valence-electron chi connectivity index (χ4n) is 1.51. The zero-order valence-electron chi connectivity index (χ0n) is 9.53. The van der Waals surface area contributed by atoms with E-state index in [1.165, 1.54) is 10.4 Å². The van der Waals surface area contributed by atoms with Crippen LogP contribution in [0.2, 0.25) is 0 Å². The highest BCUT2D eigenvalue weighted by atomic mass is 32.1. The topological polar surface area (TPSA) is 30.0 Å². The summed E-state index contributed by atoms with van der Waals surface area (Å²) in [6.45, 7) is 5.68. The average molecular weight is 251 g/mol. The van der Waals surface area contributed by atoms with Gasteiger partial charge in [-0.2, -0.15) is 0 Å². The number of Topliss-reactive ketones (excluding diaryl/α,β-unsaturated/α-hetero) is 1. The number of carbonyl (C=O) groups excluding carboxylic acids is 1. The Bertz CT molecular complexity index is 525. The first-order chi connectivity index (χ1) is 7.58. The number of thiazole rings is 1. The number of aryl methyl sites for hydroxylation is 2. The molecule has 0 amide bonds. The summed E-state index contributed by atoms with van der Waals surface area (Å²) >= 11 is 3.34. The fraction of sp³-hybridized carbons (Fsp3) is 0.333. The Morgan fingerprint density at radius 2 is 2.19 bits per heavy atom. The largest absolute Gasteiger partial charge is 0.300 e. The minimum atomic E-state index is 0.196. The smallest absolute Gasteiger partial charge is 0.135 e. The summed E-state index contributed by atoms with van der Waals surface area (Å²) in [4.78, 5) is 18.0. The molecule has 0 unspecified atom stereocenters. The van der Waals surface area contributed by atoms with Gasteiger partial charge in [0.25, 0.3) is 0 Å². The first-order valence-electron chi connectivity index (χ1n) is 5.08. The van der Waals surface area contributed by atoms with Gasteiger partial charge in [-0.25, -0.2) is 4.98 Å². The van der Waals surface area contributed by atoms with Crippen molar-refractivity contribution >= 4 is 28.5 Å². The Kier molecular flexibility index (Phi) is 3.21. The van der Waals surface area contributed by atoms with Gasteiger partial charge in [0.2, 0.25) is 0 Å². The van der Waals surface area contributed by atoms with Gasteiger partial charge in [0.1, 0.15) is 10.8 Å². The second-order valence-corrected chi connectivity index (χ2v) is 5.84. The van der Waals surface area contributed by atoms with Crippen molar-refractivity contribution < 1.29 is 4.79 Å². The van der Waals surface area contributed by atoms with Crippen molar-refractivity contribution in [2.24, 2.45) is 0 Å². The molecule has 16 heavy (non-hydrogen) atoms. The van der Waals surface area contributed by atoms with E-state index in [4.69, 9.17) is 0 Å². The lowest BCUT2D eigenvalue weighted by atomic mass is 10.2. The van der Waals surface area contributed by atoms with Crippen molar-refractivity contribution in [1.82, 2.24) is 4.98 Å². The number of aromatic nitrogens is 1. The van der Waals surface area contributed by atoms with E-state index in [2.05, 4.69) is 23.4 Å². The lowest BCUT2D eigenvalue weighted by molar-refractivity contribution is -0.116. The van der Waals surface area contributed by atoms with Crippen LogP contribution in [0, 0.1) is 13.8 Å². The monoisotopic (exact) mass is 251 g/mol. The first-order valence-corrected chi connectivity index (χ1v) is 6.77. The number of hydrogen-bond donors (Lipinski definition) is 0. The Balaban J connectivity index is 2.38. The number of rotatable bonds is 3. The number of carbonyl (C=O) groups is 1. The molecular weight excluding hydrogens is 238 g/mol. The number of thiophene rings is 1. The van der Waals surface area contributed by atoms with Crippen LogP contribution < -0.4 is 0 Å². The molecule has 0 atom stereocenters. The zero-order chi connectivity index (χ0) is 11.7. The highest BCUT2D eigenvalue weighted by Gasteiger charge is 2.13. The Hall–Kier alpha value is -1.00. The number of ketones is 1. The molecule has 0 aromatic carbocycles. The van der Waals surface area contributed by atoms with E-state index in [9.17, 15) is 4.79 Å². The predicted molar refractivity (Wildman–Crippen MR) is 69.3 cm³/mol. The minimum Gasteiger partial charge on any atom is -0.300 e. The molecule has 0 bridgehead atoms.